The van der Waals surface area contributed by atoms with Gasteiger partial charge in [0.15, 0.2) is 0 Å². The second-order valence-electron chi connectivity index (χ2n) is 4.43. The maximum atomic E-state index is 4.96. The van der Waals surface area contributed by atoms with Gasteiger partial charge in [-0.2, -0.15) is 0 Å². The third-order valence-corrected chi connectivity index (χ3v) is 2.63. The Labute approximate surface area is 104 Å². The predicted octanol–water partition coefficient (Wildman–Crippen LogP) is 5.96. The zero-order valence-electron chi connectivity index (χ0n) is 11.9. The molecule has 0 heterocycles. The molecule has 96 valence electrons. The van der Waals surface area contributed by atoms with Crippen LogP contribution in [-0.4, -0.2) is 0 Å². The highest BCUT2D eigenvalue weighted by Crippen LogP contribution is 2.07. The fraction of sp³-hybridized carbons (Fsp3) is 0.875. The predicted molar refractivity (Wildman–Crippen MR) is 76.6 cm³/mol. The Hall–Kier alpha value is -0.440. The van der Waals surface area contributed by atoms with Gasteiger partial charge >= 0.3 is 0 Å². The topological polar surface area (TPSA) is 0 Å². The molecule has 0 spiro atoms. The summed E-state index contributed by atoms with van der Waals surface area (Å²) in [6.45, 7) is 6.68. The van der Waals surface area contributed by atoms with Crippen LogP contribution in [0.5, 0.6) is 0 Å². The Morgan fingerprint density at radius 2 is 1.00 bits per heavy atom. The van der Waals surface area contributed by atoms with Crippen molar-refractivity contribution in [2.24, 2.45) is 0 Å². The molecule has 0 aliphatic heterocycles. The second kappa shape index (κ2) is 20.0. The van der Waals surface area contributed by atoms with E-state index in [0.717, 1.165) is 6.42 Å². The summed E-state index contributed by atoms with van der Waals surface area (Å²) in [6, 6.07) is 0. The highest BCUT2D eigenvalue weighted by Gasteiger charge is 1.87. The average molecular weight is 224 g/mol. The minimum absolute atomic E-state index is 0.941. The molecule has 0 aliphatic rings. The van der Waals surface area contributed by atoms with Crippen LogP contribution in [0.2, 0.25) is 0 Å². The van der Waals surface area contributed by atoms with Crippen LogP contribution in [0.25, 0.3) is 0 Å². The summed E-state index contributed by atoms with van der Waals surface area (Å²) in [5, 5.41) is 0. The summed E-state index contributed by atoms with van der Waals surface area (Å²) in [6.07, 6.45) is 19.8. The first-order valence-corrected chi connectivity index (χ1v) is 7.26. The molecule has 0 radical (unpaired) electrons. The summed E-state index contributed by atoms with van der Waals surface area (Å²) in [5.74, 6) is 2.57. The lowest BCUT2D eigenvalue weighted by Crippen LogP contribution is -1.77. The van der Waals surface area contributed by atoms with Gasteiger partial charge in [0.2, 0.25) is 0 Å². The van der Waals surface area contributed by atoms with Gasteiger partial charge in [0.25, 0.3) is 0 Å². The van der Waals surface area contributed by atoms with Crippen molar-refractivity contribution >= 4 is 0 Å². The van der Waals surface area contributed by atoms with E-state index in [9.17, 15) is 0 Å². The van der Waals surface area contributed by atoms with Crippen molar-refractivity contribution in [1.82, 2.24) is 0 Å². The zero-order valence-corrected chi connectivity index (χ0v) is 11.9. The number of hydrogen-bond donors (Lipinski definition) is 0. The van der Waals surface area contributed by atoms with Crippen molar-refractivity contribution in [2.45, 2.75) is 91.4 Å². The highest BCUT2D eigenvalue weighted by atomic mass is 13.9. The lowest BCUT2D eigenvalue weighted by atomic mass is 10.1. The van der Waals surface area contributed by atoms with Crippen LogP contribution in [0.15, 0.2) is 0 Å². The molecular weight excluding hydrogens is 192 g/mol. The van der Waals surface area contributed by atoms with Gasteiger partial charge < -0.3 is 0 Å². The van der Waals surface area contributed by atoms with Gasteiger partial charge in [-0.3, -0.25) is 0 Å². The first-order valence-electron chi connectivity index (χ1n) is 7.26. The molecule has 0 bridgehead atoms. The van der Waals surface area contributed by atoms with Crippen molar-refractivity contribution in [3.63, 3.8) is 0 Å². The number of hydrogen-bond acceptors (Lipinski definition) is 0. The number of terminal acetylenes is 1. The molecule has 0 heteroatoms. The van der Waals surface area contributed by atoms with Gasteiger partial charge in [0, 0.05) is 6.42 Å². The Morgan fingerprint density at radius 1 is 0.625 bits per heavy atom. The summed E-state index contributed by atoms with van der Waals surface area (Å²) >= 11 is 0. The normalized spacial score (nSPS) is 9.12. The van der Waals surface area contributed by atoms with Crippen LogP contribution in [0.3, 0.4) is 0 Å². The van der Waals surface area contributed by atoms with Crippen LogP contribution in [0, 0.1) is 12.3 Å². The molecule has 0 saturated carbocycles. The van der Waals surface area contributed by atoms with E-state index in [1.165, 1.54) is 64.2 Å². The molecule has 0 rings (SSSR count). The monoisotopic (exact) mass is 224 g/mol. The molecule has 0 fully saturated rings. The quantitative estimate of drug-likeness (QED) is 0.335. The van der Waals surface area contributed by atoms with E-state index < -0.39 is 0 Å². The molecule has 16 heavy (non-hydrogen) atoms. The lowest BCUT2D eigenvalue weighted by Gasteiger charge is -1.97. The second-order valence-corrected chi connectivity index (χ2v) is 4.43. The maximum Gasteiger partial charge on any atom is 0.00859 e. The first kappa shape index (κ1) is 17.9. The Balaban J connectivity index is 0. The maximum absolute atomic E-state index is 4.96. The molecule has 0 aromatic rings. The van der Waals surface area contributed by atoms with Crippen LogP contribution in [-0.2, 0) is 0 Å². The van der Waals surface area contributed by atoms with Crippen LogP contribution in [0.4, 0.5) is 0 Å². The third-order valence-electron chi connectivity index (χ3n) is 2.63. The molecule has 0 aromatic carbocycles. The van der Waals surface area contributed by atoms with E-state index in [-0.39, 0.29) is 0 Å². The number of unbranched alkanes of at least 4 members (excludes halogenated alkanes) is 9. The number of rotatable bonds is 9. The lowest BCUT2D eigenvalue weighted by molar-refractivity contribution is 0.585. The minimum Gasteiger partial charge on any atom is -0.120 e. The third kappa shape index (κ3) is 23.4. The molecule has 0 saturated heterocycles. The summed E-state index contributed by atoms with van der Waals surface area (Å²) in [4.78, 5) is 0. The molecule has 0 N–H and O–H groups in total. The van der Waals surface area contributed by atoms with E-state index in [1.54, 1.807) is 0 Å². The standard InChI is InChI=1S/C10H22.C6H10/c1-3-5-7-9-10-8-6-4-2;1-3-5-6-4-2/h3-10H2,1-2H3;1H,4-6H2,2H3. The smallest absolute Gasteiger partial charge is 0.00859 e. The van der Waals surface area contributed by atoms with Crippen molar-refractivity contribution in [3.05, 3.63) is 0 Å². The minimum atomic E-state index is 0.941. The average Bonchev–Trinajstić information content (AvgIpc) is 2.32. The summed E-state index contributed by atoms with van der Waals surface area (Å²) < 4.78 is 0. The van der Waals surface area contributed by atoms with Crippen molar-refractivity contribution in [1.29, 1.82) is 0 Å². The van der Waals surface area contributed by atoms with Crippen molar-refractivity contribution in [2.75, 3.05) is 0 Å². The first-order chi connectivity index (χ1) is 7.83. The fourth-order valence-electron chi connectivity index (χ4n) is 1.49. The zero-order chi connectivity index (χ0) is 12.5. The Kier molecular flexibility index (Phi) is 22.5. The summed E-state index contributed by atoms with van der Waals surface area (Å²) in [5.41, 5.74) is 0. The van der Waals surface area contributed by atoms with Gasteiger partial charge in [-0.05, 0) is 6.42 Å². The molecule has 0 atom stereocenters. The van der Waals surface area contributed by atoms with E-state index in [4.69, 9.17) is 6.42 Å². The van der Waals surface area contributed by atoms with E-state index in [2.05, 4.69) is 26.7 Å². The SMILES string of the molecule is C#CCCCC.CCCCCCCCCC. The van der Waals surface area contributed by atoms with Gasteiger partial charge in [0.1, 0.15) is 0 Å². The highest BCUT2D eigenvalue weighted by molar-refractivity contribution is 4.82. The van der Waals surface area contributed by atoms with E-state index in [0.29, 0.717) is 0 Å². The summed E-state index contributed by atoms with van der Waals surface area (Å²) in [7, 11) is 0. The van der Waals surface area contributed by atoms with Crippen LogP contribution in [0.1, 0.15) is 91.4 Å². The van der Waals surface area contributed by atoms with Gasteiger partial charge in [-0.15, -0.1) is 12.3 Å². The van der Waals surface area contributed by atoms with Crippen LogP contribution >= 0.6 is 0 Å². The van der Waals surface area contributed by atoms with Gasteiger partial charge in [-0.25, -0.2) is 0 Å². The van der Waals surface area contributed by atoms with Crippen LogP contribution < -0.4 is 0 Å². The molecule has 0 unspecified atom stereocenters. The largest absolute Gasteiger partial charge is 0.120 e. The molecule has 0 amide bonds. The van der Waals surface area contributed by atoms with Crippen molar-refractivity contribution in [3.8, 4) is 12.3 Å². The van der Waals surface area contributed by atoms with E-state index in [1.807, 2.05) is 0 Å². The molecule has 0 aromatic heterocycles. The van der Waals surface area contributed by atoms with E-state index >= 15 is 0 Å². The van der Waals surface area contributed by atoms with Crippen molar-refractivity contribution < 1.29 is 0 Å². The fourth-order valence-corrected chi connectivity index (χ4v) is 1.49. The Bertz CT molecular complexity index is 121. The van der Waals surface area contributed by atoms with Gasteiger partial charge in [-0.1, -0.05) is 78.6 Å². The molecule has 0 aliphatic carbocycles. The van der Waals surface area contributed by atoms with Gasteiger partial charge in [0.05, 0.1) is 0 Å². The molecular formula is C16H32. The Morgan fingerprint density at radius 3 is 1.25 bits per heavy atom. The molecule has 0 nitrogen and oxygen atoms in total.